The summed E-state index contributed by atoms with van der Waals surface area (Å²) >= 11 is 0. The maximum atomic E-state index is 12.9. The number of nitro groups is 1. The van der Waals surface area contributed by atoms with Crippen LogP contribution in [0.5, 0.6) is 0 Å². The molecule has 1 aromatic rings. The first-order chi connectivity index (χ1) is 13.8. The van der Waals surface area contributed by atoms with Crippen molar-refractivity contribution >= 4 is 21.6 Å². The van der Waals surface area contributed by atoms with Gasteiger partial charge < -0.3 is 9.80 Å². The number of nitrogens with one attached hydrogen (secondary N) is 1. The zero-order valence-electron chi connectivity index (χ0n) is 16.7. The molecule has 10 heteroatoms. The van der Waals surface area contributed by atoms with Crippen LogP contribution < -0.4 is 4.90 Å². The number of quaternary nitrogens is 1. The number of benzene rings is 1. The van der Waals surface area contributed by atoms with Crippen LogP contribution in [0.25, 0.3) is 0 Å². The van der Waals surface area contributed by atoms with Crippen LogP contribution in [0.15, 0.2) is 29.2 Å². The Hall–Kier alpha value is -2.04. The fraction of sp³-hybridized carbons (Fsp3) is 0.632. The monoisotopic (exact) mass is 425 g/mol. The molecule has 1 aromatic carbocycles. The molecule has 2 aliphatic rings. The van der Waals surface area contributed by atoms with Gasteiger partial charge in [0.1, 0.15) is 0 Å². The van der Waals surface area contributed by atoms with Crippen molar-refractivity contribution in [3.63, 3.8) is 0 Å². The van der Waals surface area contributed by atoms with Gasteiger partial charge in [-0.3, -0.25) is 14.9 Å². The minimum Gasteiger partial charge on any atom is -0.338 e. The first kappa shape index (κ1) is 21.7. The van der Waals surface area contributed by atoms with Gasteiger partial charge in [0.2, 0.25) is 10.0 Å². The van der Waals surface area contributed by atoms with Crippen molar-refractivity contribution < 1.29 is 23.0 Å². The summed E-state index contributed by atoms with van der Waals surface area (Å²) in [7, 11) is -3.95. The molecule has 0 aromatic heterocycles. The van der Waals surface area contributed by atoms with Crippen LogP contribution in [0.4, 0.5) is 5.69 Å². The second-order valence-electron chi connectivity index (χ2n) is 7.75. The van der Waals surface area contributed by atoms with Crippen LogP contribution in [-0.4, -0.2) is 73.8 Å². The molecule has 2 aliphatic heterocycles. The van der Waals surface area contributed by atoms with Gasteiger partial charge in [-0.2, -0.15) is 4.31 Å². The number of carbonyl (C=O) groups is 1. The highest BCUT2D eigenvalue weighted by molar-refractivity contribution is 7.89. The lowest BCUT2D eigenvalue weighted by Crippen LogP contribution is -3.19. The van der Waals surface area contributed by atoms with E-state index in [4.69, 9.17) is 0 Å². The van der Waals surface area contributed by atoms with E-state index in [0.29, 0.717) is 13.1 Å². The van der Waals surface area contributed by atoms with E-state index in [0.717, 1.165) is 43.7 Å². The summed E-state index contributed by atoms with van der Waals surface area (Å²) < 4.78 is 27.2. The summed E-state index contributed by atoms with van der Waals surface area (Å²) in [5.74, 6) is 0.136. The molecule has 3 rings (SSSR count). The highest BCUT2D eigenvalue weighted by Gasteiger charge is 2.38. The molecule has 2 fully saturated rings. The van der Waals surface area contributed by atoms with Crippen molar-refractivity contribution in [2.24, 2.45) is 0 Å². The van der Waals surface area contributed by atoms with Crippen LogP contribution in [-0.2, 0) is 14.8 Å². The maximum absolute atomic E-state index is 12.9. The van der Waals surface area contributed by atoms with E-state index >= 15 is 0 Å². The molecule has 1 N–H and O–H groups in total. The van der Waals surface area contributed by atoms with E-state index in [1.165, 1.54) is 28.6 Å². The van der Waals surface area contributed by atoms with E-state index < -0.39 is 20.6 Å². The minimum atomic E-state index is -3.95. The lowest BCUT2D eigenvalue weighted by atomic mass is 10.2. The molecule has 29 heavy (non-hydrogen) atoms. The van der Waals surface area contributed by atoms with Gasteiger partial charge in [0, 0.05) is 19.2 Å². The summed E-state index contributed by atoms with van der Waals surface area (Å²) in [5, 5.41) is 11.2. The summed E-state index contributed by atoms with van der Waals surface area (Å²) in [6.07, 6.45) is 4.39. The number of amides is 1. The molecule has 0 unspecified atom stereocenters. The Labute approximate surface area is 171 Å². The van der Waals surface area contributed by atoms with Crippen LogP contribution in [0.1, 0.15) is 32.6 Å². The molecular formula is C19H29N4O5S+. The second kappa shape index (κ2) is 9.19. The SMILES string of the molecule is C[C@@H](C(=O)N1CCCCCC1)[NH+]1CCN(S(=O)(=O)c2ccccc2[N+](=O)[O-])CC1. The molecule has 0 spiro atoms. The van der Waals surface area contributed by atoms with Crippen LogP contribution >= 0.6 is 0 Å². The van der Waals surface area contributed by atoms with Crippen molar-refractivity contribution in [3.8, 4) is 0 Å². The second-order valence-corrected chi connectivity index (χ2v) is 9.65. The number of likely N-dealkylation sites (tertiary alicyclic amines) is 1. The summed E-state index contributed by atoms with van der Waals surface area (Å²) in [6, 6.07) is 5.21. The van der Waals surface area contributed by atoms with Gasteiger partial charge in [-0.05, 0) is 25.8 Å². The molecule has 1 atom stereocenters. The highest BCUT2D eigenvalue weighted by atomic mass is 32.2. The van der Waals surface area contributed by atoms with Gasteiger partial charge in [-0.1, -0.05) is 25.0 Å². The third-order valence-corrected chi connectivity index (χ3v) is 7.89. The standard InChI is InChI=1S/C19H28N4O5S/c1-16(19(24)21-10-6-2-3-7-11-21)20-12-14-22(15-13-20)29(27,28)18-9-5-4-8-17(18)23(25)26/h4-5,8-9,16H,2-3,6-7,10-15H2,1H3/p+1/t16-/m0/s1. The Balaban J connectivity index is 1.65. The summed E-state index contributed by atoms with van der Waals surface area (Å²) in [6.45, 7) is 4.99. The fourth-order valence-electron chi connectivity index (χ4n) is 4.15. The van der Waals surface area contributed by atoms with Gasteiger partial charge in [-0.15, -0.1) is 0 Å². The van der Waals surface area contributed by atoms with E-state index in [9.17, 15) is 23.3 Å². The number of piperazine rings is 1. The minimum absolute atomic E-state index is 0.136. The molecule has 160 valence electrons. The first-order valence-electron chi connectivity index (χ1n) is 10.2. The van der Waals surface area contributed by atoms with Crippen LogP contribution in [0.3, 0.4) is 0 Å². The molecule has 0 radical (unpaired) electrons. The Morgan fingerprint density at radius 2 is 1.66 bits per heavy atom. The van der Waals surface area contributed by atoms with E-state index in [2.05, 4.69) is 0 Å². The number of sulfonamides is 1. The Morgan fingerprint density at radius 3 is 2.24 bits per heavy atom. The summed E-state index contributed by atoms with van der Waals surface area (Å²) in [5.41, 5.74) is -0.410. The number of para-hydroxylation sites is 1. The highest BCUT2D eigenvalue weighted by Crippen LogP contribution is 2.26. The van der Waals surface area contributed by atoms with Crippen molar-refractivity contribution in [2.75, 3.05) is 39.3 Å². The zero-order valence-corrected chi connectivity index (χ0v) is 17.6. The fourth-order valence-corrected chi connectivity index (χ4v) is 5.75. The lowest BCUT2D eigenvalue weighted by Gasteiger charge is -2.35. The lowest BCUT2D eigenvalue weighted by molar-refractivity contribution is -0.918. The smallest absolute Gasteiger partial charge is 0.289 e. The van der Waals surface area contributed by atoms with Gasteiger partial charge in [0.15, 0.2) is 10.9 Å². The van der Waals surface area contributed by atoms with Crippen LogP contribution in [0, 0.1) is 10.1 Å². The number of carbonyl (C=O) groups excluding carboxylic acids is 1. The normalized spacial score (nSPS) is 20.8. The zero-order chi connectivity index (χ0) is 21.0. The number of nitro benzene ring substituents is 1. The van der Waals surface area contributed by atoms with Gasteiger partial charge >= 0.3 is 0 Å². The average molecular weight is 426 g/mol. The predicted molar refractivity (Wildman–Crippen MR) is 107 cm³/mol. The third kappa shape index (κ3) is 4.76. The molecule has 0 aliphatic carbocycles. The molecule has 2 saturated heterocycles. The van der Waals surface area contributed by atoms with E-state index in [1.807, 2.05) is 11.8 Å². The van der Waals surface area contributed by atoms with Gasteiger partial charge in [0.25, 0.3) is 11.6 Å². The summed E-state index contributed by atoms with van der Waals surface area (Å²) in [4.78, 5) is 26.1. The Bertz CT molecular complexity index is 844. The molecule has 0 bridgehead atoms. The van der Waals surface area contributed by atoms with E-state index in [1.54, 1.807) is 0 Å². The van der Waals surface area contributed by atoms with Crippen molar-refractivity contribution in [1.82, 2.24) is 9.21 Å². The van der Waals surface area contributed by atoms with Gasteiger partial charge in [-0.25, -0.2) is 8.42 Å². The molecule has 2 heterocycles. The topological polar surface area (TPSA) is 105 Å². The maximum Gasteiger partial charge on any atom is 0.289 e. The predicted octanol–water partition coefficient (Wildman–Crippen LogP) is 0.275. The number of hydrogen-bond donors (Lipinski definition) is 1. The number of nitrogens with zero attached hydrogens (tertiary/aromatic N) is 3. The molecular weight excluding hydrogens is 396 g/mol. The van der Waals surface area contributed by atoms with Crippen LogP contribution in [0.2, 0.25) is 0 Å². The quantitative estimate of drug-likeness (QED) is 0.539. The Morgan fingerprint density at radius 1 is 1.07 bits per heavy atom. The molecule has 1 amide bonds. The number of hydrogen-bond acceptors (Lipinski definition) is 5. The molecule has 0 saturated carbocycles. The number of rotatable bonds is 5. The van der Waals surface area contributed by atoms with E-state index in [-0.39, 0.29) is 29.9 Å². The third-order valence-electron chi connectivity index (χ3n) is 5.94. The van der Waals surface area contributed by atoms with Crippen molar-refractivity contribution in [1.29, 1.82) is 0 Å². The molecule has 9 nitrogen and oxygen atoms in total. The van der Waals surface area contributed by atoms with Gasteiger partial charge in [0.05, 0.1) is 31.1 Å². The largest absolute Gasteiger partial charge is 0.338 e. The first-order valence-corrected chi connectivity index (χ1v) is 11.6. The van der Waals surface area contributed by atoms with Crippen molar-refractivity contribution in [3.05, 3.63) is 34.4 Å². The van der Waals surface area contributed by atoms with Crippen molar-refractivity contribution in [2.45, 2.75) is 43.5 Å². The Kier molecular flexibility index (Phi) is 6.86. The average Bonchev–Trinajstić information content (AvgIpc) is 3.02.